The Balaban J connectivity index is 1.48. The van der Waals surface area contributed by atoms with Crippen molar-refractivity contribution in [2.45, 2.75) is 25.3 Å². The third-order valence-corrected chi connectivity index (χ3v) is 5.24. The summed E-state index contributed by atoms with van der Waals surface area (Å²) in [7, 11) is 0. The number of nitriles is 1. The van der Waals surface area contributed by atoms with E-state index >= 15 is 0 Å². The highest BCUT2D eigenvalue weighted by molar-refractivity contribution is 5.78. The number of hydrogen-bond acceptors (Lipinski definition) is 5. The predicted octanol–water partition coefficient (Wildman–Crippen LogP) is 4.18. The van der Waals surface area contributed by atoms with E-state index in [1.807, 2.05) is 10.6 Å². The lowest BCUT2D eigenvalue weighted by Gasteiger charge is -2.26. The smallest absolute Gasteiger partial charge is 0.159 e. The lowest BCUT2D eigenvalue weighted by atomic mass is 9.88. The first-order valence-corrected chi connectivity index (χ1v) is 9.36. The van der Waals surface area contributed by atoms with Gasteiger partial charge in [0.1, 0.15) is 12.1 Å². The fourth-order valence-electron chi connectivity index (χ4n) is 3.89. The van der Waals surface area contributed by atoms with Crippen molar-refractivity contribution >= 4 is 16.9 Å². The van der Waals surface area contributed by atoms with Crippen LogP contribution in [0.5, 0.6) is 0 Å². The SMILES string of the molecule is N#Cc1ccc2c(c1)ncn2-c1cncc(N[C@H]2CCCc3ccccc32)n1. The molecule has 1 aliphatic carbocycles. The van der Waals surface area contributed by atoms with Crippen molar-refractivity contribution < 1.29 is 0 Å². The molecule has 28 heavy (non-hydrogen) atoms. The first kappa shape index (κ1) is 16.5. The maximum atomic E-state index is 9.07. The highest BCUT2D eigenvalue weighted by Gasteiger charge is 2.20. The molecule has 0 radical (unpaired) electrons. The molecule has 0 spiro atoms. The van der Waals surface area contributed by atoms with Crippen LogP contribution in [0.3, 0.4) is 0 Å². The Morgan fingerprint density at radius 2 is 2.07 bits per heavy atom. The van der Waals surface area contributed by atoms with E-state index in [1.165, 1.54) is 11.1 Å². The molecule has 5 rings (SSSR count). The molecule has 0 unspecified atom stereocenters. The molecule has 0 aliphatic heterocycles. The average Bonchev–Trinajstić information content (AvgIpc) is 3.17. The molecule has 1 aliphatic rings. The maximum absolute atomic E-state index is 9.07. The minimum Gasteiger partial charge on any atom is -0.362 e. The summed E-state index contributed by atoms with van der Waals surface area (Å²) >= 11 is 0. The Bertz CT molecular complexity index is 1200. The van der Waals surface area contributed by atoms with E-state index in [0.717, 1.165) is 36.1 Å². The van der Waals surface area contributed by atoms with E-state index < -0.39 is 0 Å². The molecule has 136 valence electrons. The van der Waals surface area contributed by atoms with Gasteiger partial charge in [0.2, 0.25) is 0 Å². The number of aromatic nitrogens is 4. The first-order chi connectivity index (χ1) is 13.8. The fourth-order valence-corrected chi connectivity index (χ4v) is 3.89. The van der Waals surface area contributed by atoms with Crippen molar-refractivity contribution in [3.8, 4) is 11.9 Å². The maximum Gasteiger partial charge on any atom is 0.159 e. The van der Waals surface area contributed by atoms with Crippen LogP contribution >= 0.6 is 0 Å². The van der Waals surface area contributed by atoms with Crippen LogP contribution in [0.4, 0.5) is 5.82 Å². The van der Waals surface area contributed by atoms with Crippen molar-refractivity contribution in [2.24, 2.45) is 0 Å². The number of rotatable bonds is 3. The molecule has 6 heteroatoms. The van der Waals surface area contributed by atoms with Gasteiger partial charge in [0, 0.05) is 0 Å². The van der Waals surface area contributed by atoms with Gasteiger partial charge in [-0.3, -0.25) is 9.55 Å². The lowest BCUT2D eigenvalue weighted by Crippen LogP contribution is -2.18. The van der Waals surface area contributed by atoms with Gasteiger partial charge in [-0.25, -0.2) is 9.97 Å². The van der Waals surface area contributed by atoms with E-state index in [-0.39, 0.29) is 6.04 Å². The zero-order valence-electron chi connectivity index (χ0n) is 15.2. The third-order valence-electron chi connectivity index (χ3n) is 5.24. The average molecular weight is 366 g/mol. The van der Waals surface area contributed by atoms with Gasteiger partial charge in [-0.1, -0.05) is 24.3 Å². The van der Waals surface area contributed by atoms with Crippen molar-refractivity contribution in [1.29, 1.82) is 5.26 Å². The second-order valence-corrected chi connectivity index (χ2v) is 6.98. The van der Waals surface area contributed by atoms with E-state index in [4.69, 9.17) is 10.2 Å². The molecule has 4 aromatic rings. The summed E-state index contributed by atoms with van der Waals surface area (Å²) < 4.78 is 1.89. The number of imidazole rings is 1. The summed E-state index contributed by atoms with van der Waals surface area (Å²) in [6.07, 6.45) is 8.57. The molecular weight excluding hydrogens is 348 g/mol. The number of aryl methyl sites for hydroxylation is 1. The lowest BCUT2D eigenvalue weighted by molar-refractivity contribution is 0.598. The minimum atomic E-state index is 0.243. The van der Waals surface area contributed by atoms with Crippen LogP contribution in [0.25, 0.3) is 16.9 Å². The number of benzene rings is 2. The Labute approximate surface area is 162 Å². The summed E-state index contributed by atoms with van der Waals surface area (Å²) in [6, 6.07) is 16.4. The predicted molar refractivity (Wildman–Crippen MR) is 107 cm³/mol. The first-order valence-electron chi connectivity index (χ1n) is 9.36. The van der Waals surface area contributed by atoms with Gasteiger partial charge in [0.05, 0.1) is 41.1 Å². The van der Waals surface area contributed by atoms with Crippen LogP contribution < -0.4 is 5.32 Å². The van der Waals surface area contributed by atoms with Crippen molar-refractivity contribution in [1.82, 2.24) is 19.5 Å². The molecular formula is C22H18N6. The molecule has 2 heterocycles. The van der Waals surface area contributed by atoms with Gasteiger partial charge < -0.3 is 5.32 Å². The zero-order chi connectivity index (χ0) is 18.9. The topological polar surface area (TPSA) is 79.4 Å². The fraction of sp³-hybridized carbons (Fsp3) is 0.182. The molecule has 1 N–H and O–H groups in total. The molecule has 0 saturated carbocycles. The largest absolute Gasteiger partial charge is 0.362 e. The van der Waals surface area contributed by atoms with Gasteiger partial charge >= 0.3 is 0 Å². The van der Waals surface area contributed by atoms with Gasteiger partial charge in [-0.2, -0.15) is 5.26 Å². The molecule has 2 aromatic carbocycles. The number of nitrogens with zero attached hydrogens (tertiary/aromatic N) is 5. The van der Waals surface area contributed by atoms with Crippen LogP contribution in [-0.2, 0) is 6.42 Å². The molecule has 1 atom stereocenters. The van der Waals surface area contributed by atoms with Crippen LogP contribution in [0.15, 0.2) is 61.2 Å². The second kappa shape index (κ2) is 6.78. The summed E-state index contributed by atoms with van der Waals surface area (Å²) in [4.78, 5) is 13.5. The third kappa shape index (κ3) is 2.87. The quantitative estimate of drug-likeness (QED) is 0.588. The summed E-state index contributed by atoms with van der Waals surface area (Å²) in [5.41, 5.74) is 5.01. The van der Waals surface area contributed by atoms with Crippen LogP contribution in [0.2, 0.25) is 0 Å². The van der Waals surface area contributed by atoms with Gasteiger partial charge in [0.15, 0.2) is 5.82 Å². The molecule has 0 fully saturated rings. The van der Waals surface area contributed by atoms with Crippen molar-refractivity contribution in [3.63, 3.8) is 0 Å². The minimum absolute atomic E-state index is 0.243. The number of nitrogens with one attached hydrogen (secondary N) is 1. The monoisotopic (exact) mass is 366 g/mol. The van der Waals surface area contributed by atoms with Gasteiger partial charge in [-0.15, -0.1) is 0 Å². The standard InChI is InChI=1S/C22H18N6/c23-11-15-8-9-20-19(10-15)25-14-28(20)22-13-24-12-21(27-22)26-18-7-3-5-16-4-1-2-6-17(16)18/h1-2,4,6,8-10,12-14,18H,3,5,7H2,(H,26,27)/t18-/m0/s1. The molecule has 0 bridgehead atoms. The van der Waals surface area contributed by atoms with E-state index in [9.17, 15) is 0 Å². The summed E-state index contributed by atoms with van der Waals surface area (Å²) in [5, 5.41) is 12.6. The Morgan fingerprint density at radius 3 is 3.00 bits per heavy atom. The molecule has 0 saturated heterocycles. The van der Waals surface area contributed by atoms with E-state index in [0.29, 0.717) is 11.4 Å². The van der Waals surface area contributed by atoms with E-state index in [2.05, 4.69) is 45.6 Å². The van der Waals surface area contributed by atoms with Crippen molar-refractivity contribution in [3.05, 3.63) is 77.9 Å². The normalized spacial score (nSPS) is 15.8. The Morgan fingerprint density at radius 1 is 1.14 bits per heavy atom. The number of anilines is 1. The highest BCUT2D eigenvalue weighted by atomic mass is 15.2. The second-order valence-electron chi connectivity index (χ2n) is 6.98. The molecule has 6 nitrogen and oxygen atoms in total. The number of hydrogen-bond donors (Lipinski definition) is 1. The highest BCUT2D eigenvalue weighted by Crippen LogP contribution is 2.32. The molecule has 2 aromatic heterocycles. The van der Waals surface area contributed by atoms with E-state index in [1.54, 1.807) is 30.9 Å². The van der Waals surface area contributed by atoms with Crippen molar-refractivity contribution in [2.75, 3.05) is 5.32 Å². The molecule has 0 amide bonds. The van der Waals surface area contributed by atoms with Crippen LogP contribution in [-0.4, -0.2) is 19.5 Å². The summed E-state index contributed by atoms with van der Waals surface area (Å²) in [6.45, 7) is 0. The van der Waals surface area contributed by atoms with Gasteiger partial charge in [0.25, 0.3) is 0 Å². The summed E-state index contributed by atoms with van der Waals surface area (Å²) in [5.74, 6) is 1.44. The van der Waals surface area contributed by atoms with Gasteiger partial charge in [-0.05, 0) is 48.6 Å². The number of fused-ring (bicyclic) bond motifs is 2. The van der Waals surface area contributed by atoms with Crippen LogP contribution in [0.1, 0.15) is 35.6 Å². The Hall–Kier alpha value is -3.72. The zero-order valence-corrected chi connectivity index (χ0v) is 15.2. The Kier molecular flexibility index (Phi) is 3.99. The van der Waals surface area contributed by atoms with Crippen LogP contribution in [0, 0.1) is 11.3 Å².